The fraction of sp³-hybridized carbons (Fsp3) is 0.385. The van der Waals surface area contributed by atoms with Gasteiger partial charge in [0.05, 0.1) is 6.20 Å². The highest BCUT2D eigenvalue weighted by molar-refractivity contribution is 7.98. The Hall–Kier alpha value is -1.89. The fourth-order valence-electron chi connectivity index (χ4n) is 1.94. The highest BCUT2D eigenvalue weighted by Gasteiger charge is 2.11. The minimum atomic E-state index is -0.0537. The number of hydrogen-bond donors (Lipinski definition) is 2. The molecule has 2 aromatic rings. The first-order valence-electron chi connectivity index (χ1n) is 6.27. The number of anilines is 1. The summed E-state index contributed by atoms with van der Waals surface area (Å²) in [6, 6.07) is 1.71. The first kappa shape index (κ1) is 14.5. The smallest absolute Gasteiger partial charge is 0.225 e. The number of aromatic nitrogens is 4. The number of nitrogens with zero attached hydrogens (tertiary/aromatic N) is 3. The highest BCUT2D eigenvalue weighted by Crippen LogP contribution is 2.17. The Labute approximate surface area is 121 Å². The van der Waals surface area contributed by atoms with E-state index in [1.165, 1.54) is 11.8 Å². The van der Waals surface area contributed by atoms with Crippen LogP contribution in [0.15, 0.2) is 17.4 Å². The maximum atomic E-state index is 11.8. The molecule has 6 nitrogen and oxygen atoms in total. The number of rotatable bonds is 5. The number of amides is 1. The number of thioether (sulfide) groups is 1. The van der Waals surface area contributed by atoms with Crippen LogP contribution in [0, 0.1) is 13.8 Å². The molecule has 0 fully saturated rings. The summed E-state index contributed by atoms with van der Waals surface area (Å²) in [4.78, 5) is 20.6. The lowest BCUT2D eigenvalue weighted by Gasteiger charge is -2.09. The molecule has 0 radical (unpaired) electrons. The summed E-state index contributed by atoms with van der Waals surface area (Å²) in [7, 11) is 0. The molecule has 1 amide bonds. The van der Waals surface area contributed by atoms with Gasteiger partial charge in [-0.3, -0.25) is 9.89 Å². The third-order valence-electron chi connectivity index (χ3n) is 2.96. The summed E-state index contributed by atoms with van der Waals surface area (Å²) in [6.45, 7) is 3.91. The molecule has 0 atom stereocenters. The van der Waals surface area contributed by atoms with Crippen LogP contribution in [0.2, 0.25) is 0 Å². The molecule has 0 aliphatic rings. The molecule has 2 heterocycles. The zero-order chi connectivity index (χ0) is 14.5. The molecular formula is C13H17N5OS. The van der Waals surface area contributed by atoms with E-state index in [0.29, 0.717) is 18.7 Å². The van der Waals surface area contributed by atoms with Gasteiger partial charge in [-0.15, -0.1) is 0 Å². The number of carbonyl (C=O) groups is 1. The molecule has 2 N–H and O–H groups in total. The predicted octanol–water partition coefficient (Wildman–Crippen LogP) is 2.11. The third-order valence-corrected chi connectivity index (χ3v) is 3.51. The second kappa shape index (κ2) is 6.51. The molecule has 20 heavy (non-hydrogen) atoms. The van der Waals surface area contributed by atoms with Crippen LogP contribution in [0.5, 0.6) is 0 Å². The predicted molar refractivity (Wildman–Crippen MR) is 78.8 cm³/mol. The third kappa shape index (κ3) is 3.57. The van der Waals surface area contributed by atoms with Crippen LogP contribution >= 0.6 is 11.8 Å². The Bertz CT molecular complexity index is 574. The van der Waals surface area contributed by atoms with E-state index in [-0.39, 0.29) is 5.91 Å². The van der Waals surface area contributed by atoms with E-state index in [1.807, 2.05) is 20.1 Å². The summed E-state index contributed by atoms with van der Waals surface area (Å²) in [5.41, 5.74) is 2.93. The van der Waals surface area contributed by atoms with E-state index in [2.05, 4.69) is 25.5 Å². The van der Waals surface area contributed by atoms with E-state index in [0.717, 1.165) is 22.1 Å². The van der Waals surface area contributed by atoms with Crippen molar-refractivity contribution >= 4 is 23.5 Å². The van der Waals surface area contributed by atoms with Crippen molar-refractivity contribution in [3.63, 3.8) is 0 Å². The van der Waals surface area contributed by atoms with Crippen LogP contribution in [-0.2, 0) is 11.2 Å². The molecule has 2 aromatic heterocycles. The number of aryl methyl sites for hydroxylation is 2. The molecule has 106 valence electrons. The van der Waals surface area contributed by atoms with Crippen molar-refractivity contribution in [1.29, 1.82) is 0 Å². The normalized spacial score (nSPS) is 10.6. The Morgan fingerprint density at radius 3 is 2.60 bits per heavy atom. The molecule has 0 unspecified atom stereocenters. The largest absolute Gasteiger partial charge is 0.311 e. The van der Waals surface area contributed by atoms with Crippen LogP contribution in [0.25, 0.3) is 0 Å². The highest BCUT2D eigenvalue weighted by atomic mass is 32.2. The minimum Gasteiger partial charge on any atom is -0.311 e. The molecule has 2 rings (SSSR count). The Morgan fingerprint density at radius 1 is 1.35 bits per heavy atom. The van der Waals surface area contributed by atoms with E-state index in [4.69, 9.17) is 0 Å². The summed E-state index contributed by atoms with van der Waals surface area (Å²) in [5.74, 6) is 0.555. The van der Waals surface area contributed by atoms with Crippen molar-refractivity contribution in [3.8, 4) is 0 Å². The van der Waals surface area contributed by atoms with Crippen molar-refractivity contribution in [2.45, 2.75) is 31.8 Å². The van der Waals surface area contributed by atoms with E-state index in [1.54, 1.807) is 12.3 Å². The van der Waals surface area contributed by atoms with Crippen molar-refractivity contribution in [3.05, 3.63) is 29.2 Å². The molecule has 0 aromatic carbocycles. The SMILES string of the molecule is CSc1nc(C)c(CCC(=O)Nc2ccn[nH]2)c(C)n1. The number of nitrogens with one attached hydrogen (secondary N) is 2. The van der Waals surface area contributed by atoms with Gasteiger partial charge in [-0.25, -0.2) is 9.97 Å². The molecule has 0 spiro atoms. The molecule has 0 bridgehead atoms. The van der Waals surface area contributed by atoms with Gasteiger partial charge in [-0.2, -0.15) is 5.10 Å². The summed E-state index contributed by atoms with van der Waals surface area (Å²) >= 11 is 1.52. The monoisotopic (exact) mass is 291 g/mol. The maximum absolute atomic E-state index is 11.8. The molecule has 0 aliphatic carbocycles. The number of aromatic amines is 1. The van der Waals surface area contributed by atoms with Crippen LogP contribution < -0.4 is 5.32 Å². The second-order valence-electron chi connectivity index (χ2n) is 4.38. The standard InChI is InChI=1S/C13H17N5OS/c1-8-10(9(2)16-13(15-8)20-3)4-5-12(19)17-11-6-7-14-18-11/h6-7H,4-5H2,1-3H3,(H2,14,17,18,19). The van der Waals surface area contributed by atoms with Crippen LogP contribution in [0.3, 0.4) is 0 Å². The Kier molecular flexibility index (Phi) is 4.73. The van der Waals surface area contributed by atoms with Crippen LogP contribution in [0.4, 0.5) is 5.82 Å². The van der Waals surface area contributed by atoms with Gasteiger partial charge in [-0.1, -0.05) is 11.8 Å². The average Bonchev–Trinajstić information content (AvgIpc) is 2.90. The maximum Gasteiger partial charge on any atom is 0.225 e. The first-order valence-corrected chi connectivity index (χ1v) is 7.50. The Balaban J connectivity index is 1.98. The zero-order valence-electron chi connectivity index (χ0n) is 11.7. The summed E-state index contributed by atoms with van der Waals surface area (Å²) in [6.07, 6.45) is 4.57. The molecule has 7 heteroatoms. The fourth-order valence-corrected chi connectivity index (χ4v) is 2.39. The van der Waals surface area contributed by atoms with Crippen molar-refractivity contribution in [1.82, 2.24) is 20.2 Å². The molecule has 0 aliphatic heterocycles. The number of hydrogen-bond acceptors (Lipinski definition) is 5. The van der Waals surface area contributed by atoms with Crippen LogP contribution in [0.1, 0.15) is 23.4 Å². The van der Waals surface area contributed by atoms with Crippen molar-refractivity contribution in [2.24, 2.45) is 0 Å². The summed E-state index contributed by atoms with van der Waals surface area (Å²) in [5, 5.41) is 9.99. The van der Waals surface area contributed by atoms with Crippen LogP contribution in [-0.4, -0.2) is 32.3 Å². The quantitative estimate of drug-likeness (QED) is 0.651. The van der Waals surface area contributed by atoms with Gasteiger partial charge in [0.25, 0.3) is 0 Å². The summed E-state index contributed by atoms with van der Waals surface area (Å²) < 4.78 is 0. The van der Waals surface area contributed by atoms with Gasteiger partial charge in [0.15, 0.2) is 5.16 Å². The van der Waals surface area contributed by atoms with Gasteiger partial charge < -0.3 is 5.32 Å². The Morgan fingerprint density at radius 2 is 2.05 bits per heavy atom. The van der Waals surface area contributed by atoms with Gasteiger partial charge >= 0.3 is 0 Å². The zero-order valence-corrected chi connectivity index (χ0v) is 12.5. The van der Waals surface area contributed by atoms with Crippen molar-refractivity contribution < 1.29 is 4.79 Å². The average molecular weight is 291 g/mol. The van der Waals surface area contributed by atoms with Crippen molar-refractivity contribution in [2.75, 3.05) is 11.6 Å². The van der Waals surface area contributed by atoms with Gasteiger partial charge in [0.1, 0.15) is 5.82 Å². The topological polar surface area (TPSA) is 83.6 Å². The van der Waals surface area contributed by atoms with E-state index >= 15 is 0 Å². The van der Waals surface area contributed by atoms with Gasteiger partial charge in [0.2, 0.25) is 5.91 Å². The lowest BCUT2D eigenvalue weighted by molar-refractivity contribution is -0.116. The molecule has 0 saturated heterocycles. The molecular weight excluding hydrogens is 274 g/mol. The first-order chi connectivity index (χ1) is 9.60. The number of H-pyrrole nitrogens is 1. The van der Waals surface area contributed by atoms with E-state index < -0.39 is 0 Å². The molecule has 0 saturated carbocycles. The van der Waals surface area contributed by atoms with Gasteiger partial charge in [0, 0.05) is 23.9 Å². The minimum absolute atomic E-state index is 0.0537. The number of carbonyl (C=O) groups excluding carboxylic acids is 1. The van der Waals surface area contributed by atoms with E-state index in [9.17, 15) is 4.79 Å². The lowest BCUT2D eigenvalue weighted by Crippen LogP contribution is -2.14. The van der Waals surface area contributed by atoms with Gasteiger partial charge in [-0.05, 0) is 32.1 Å². The second-order valence-corrected chi connectivity index (χ2v) is 5.15. The lowest BCUT2D eigenvalue weighted by atomic mass is 10.1.